The topological polar surface area (TPSA) is 83.1 Å². The fraction of sp³-hybridized carbons (Fsp3) is 0.400. The van der Waals surface area contributed by atoms with Crippen molar-refractivity contribution in [2.75, 3.05) is 59.5 Å². The fourth-order valence-electron chi connectivity index (χ4n) is 3.49. The molecule has 0 aliphatic rings. The molecule has 0 saturated carbocycles. The van der Waals surface area contributed by atoms with Crippen LogP contribution in [0.3, 0.4) is 0 Å². The van der Waals surface area contributed by atoms with Crippen molar-refractivity contribution in [3.05, 3.63) is 69.7 Å². The molecule has 0 N–H and O–H groups in total. The monoisotopic (exact) mass is 656 g/mol. The highest BCUT2D eigenvalue weighted by atomic mass is 35.5. The minimum absolute atomic E-state index is 0.348. The molecule has 0 aliphatic carbocycles. The number of hydrogen-bond acceptors (Lipinski definition) is 9. The van der Waals surface area contributed by atoms with Crippen LogP contribution in [-0.2, 0) is 14.2 Å². The van der Waals surface area contributed by atoms with E-state index in [1.807, 2.05) is 20.8 Å². The van der Waals surface area contributed by atoms with Gasteiger partial charge in [-0.3, -0.25) is 0 Å². The van der Waals surface area contributed by atoms with Crippen molar-refractivity contribution in [3.63, 3.8) is 0 Å². The highest BCUT2D eigenvalue weighted by Gasteiger charge is 2.31. The second-order valence-electron chi connectivity index (χ2n) is 8.56. The maximum atomic E-state index is 6.44. The van der Waals surface area contributed by atoms with Crippen molar-refractivity contribution in [1.82, 2.24) is 0 Å². The minimum atomic E-state index is -1.26. The van der Waals surface area contributed by atoms with Crippen LogP contribution in [0.5, 0.6) is 34.5 Å². The summed E-state index contributed by atoms with van der Waals surface area (Å²) in [6.45, 7) is 10.0. The average molecular weight is 658 g/mol. The van der Waals surface area contributed by atoms with Gasteiger partial charge >= 0.3 is 7.32 Å². The van der Waals surface area contributed by atoms with E-state index in [9.17, 15) is 0 Å². The van der Waals surface area contributed by atoms with Gasteiger partial charge in [-0.2, -0.15) is 0 Å². The number of ether oxygens (including phenoxy) is 6. The Labute approximate surface area is 268 Å². The van der Waals surface area contributed by atoms with E-state index in [2.05, 4.69) is 0 Å². The molecule has 9 nitrogen and oxygen atoms in total. The summed E-state index contributed by atoms with van der Waals surface area (Å²) >= 11 is 19.3. The van der Waals surface area contributed by atoms with Gasteiger partial charge in [-0.1, -0.05) is 34.8 Å². The molecule has 3 rings (SSSR count). The van der Waals surface area contributed by atoms with Gasteiger partial charge in [0.1, 0.15) is 54.3 Å². The van der Waals surface area contributed by atoms with Crippen LogP contribution in [-0.4, -0.2) is 66.8 Å². The summed E-state index contributed by atoms with van der Waals surface area (Å²) in [5.41, 5.74) is 0. The van der Waals surface area contributed by atoms with Crippen LogP contribution in [0.2, 0.25) is 15.1 Å². The van der Waals surface area contributed by atoms with E-state index < -0.39 is 7.32 Å². The van der Waals surface area contributed by atoms with E-state index in [0.29, 0.717) is 109 Å². The SMILES string of the molecule is CCOCCOc1ccc(OB(Oc2ccc(OCCOCC)c(Cl)c2)Oc2ccc(OCCOCC)c(Cl)c2)cc1Cl. The highest BCUT2D eigenvalue weighted by molar-refractivity contribution is 6.40. The van der Waals surface area contributed by atoms with Gasteiger partial charge in [-0.15, -0.1) is 0 Å². The molecule has 3 aromatic rings. The van der Waals surface area contributed by atoms with E-state index in [4.69, 9.17) is 77.2 Å². The Morgan fingerprint density at radius 1 is 0.465 bits per heavy atom. The summed E-state index contributed by atoms with van der Waals surface area (Å²) in [5, 5.41) is 1.04. The molecule has 0 bridgehead atoms. The maximum absolute atomic E-state index is 6.44. The lowest BCUT2D eigenvalue weighted by atomic mass is 10.2. The molecule has 43 heavy (non-hydrogen) atoms. The Balaban J connectivity index is 1.74. The predicted molar refractivity (Wildman–Crippen MR) is 168 cm³/mol. The first-order valence-electron chi connectivity index (χ1n) is 13.9. The third-order valence-electron chi connectivity index (χ3n) is 5.48. The molecule has 0 radical (unpaired) electrons. The summed E-state index contributed by atoms with van der Waals surface area (Å²) in [5.74, 6) is 2.59. The van der Waals surface area contributed by atoms with Gasteiger partial charge in [0.15, 0.2) is 0 Å². The zero-order valence-corrected chi connectivity index (χ0v) is 26.7. The number of rotatable bonds is 21. The summed E-state index contributed by atoms with van der Waals surface area (Å²) in [6.07, 6.45) is 0. The molecule has 3 aromatic carbocycles. The minimum Gasteiger partial charge on any atom is -0.490 e. The first kappa shape index (κ1) is 34.8. The zero-order chi connectivity index (χ0) is 30.9. The van der Waals surface area contributed by atoms with Crippen LogP contribution >= 0.6 is 34.8 Å². The van der Waals surface area contributed by atoms with Crippen LogP contribution in [0.4, 0.5) is 0 Å². The van der Waals surface area contributed by atoms with Crippen LogP contribution in [0.15, 0.2) is 54.6 Å². The normalized spacial score (nSPS) is 10.7. The van der Waals surface area contributed by atoms with Gasteiger partial charge < -0.3 is 42.4 Å². The van der Waals surface area contributed by atoms with Crippen molar-refractivity contribution >= 4 is 42.1 Å². The Kier molecular flexibility index (Phi) is 15.8. The fourth-order valence-corrected chi connectivity index (χ4v) is 4.16. The van der Waals surface area contributed by atoms with Gasteiger partial charge in [-0.25, -0.2) is 0 Å². The molecule has 0 atom stereocenters. The van der Waals surface area contributed by atoms with E-state index >= 15 is 0 Å². The lowest BCUT2D eigenvalue weighted by Gasteiger charge is -2.18. The van der Waals surface area contributed by atoms with Crippen molar-refractivity contribution in [2.45, 2.75) is 20.8 Å². The number of halogens is 3. The second-order valence-corrected chi connectivity index (χ2v) is 9.78. The third-order valence-corrected chi connectivity index (χ3v) is 6.36. The quantitative estimate of drug-likeness (QED) is 0.0859. The van der Waals surface area contributed by atoms with E-state index in [1.54, 1.807) is 54.6 Å². The zero-order valence-electron chi connectivity index (χ0n) is 24.4. The molecule has 13 heteroatoms. The molecule has 0 heterocycles. The molecule has 0 amide bonds. The molecule has 0 aliphatic heterocycles. The molecular weight excluding hydrogens is 621 g/mol. The summed E-state index contributed by atoms with van der Waals surface area (Å²) in [6, 6.07) is 14.9. The lowest BCUT2D eigenvalue weighted by Crippen LogP contribution is -2.37. The van der Waals surface area contributed by atoms with Gasteiger partial charge in [-0.05, 0) is 57.2 Å². The maximum Gasteiger partial charge on any atom is 0.864 e. The van der Waals surface area contributed by atoms with Gasteiger partial charge in [0, 0.05) is 38.0 Å². The summed E-state index contributed by atoms with van der Waals surface area (Å²) < 4.78 is 51.0. The highest BCUT2D eigenvalue weighted by Crippen LogP contribution is 2.33. The van der Waals surface area contributed by atoms with Crippen molar-refractivity contribution < 1.29 is 42.4 Å². The average Bonchev–Trinajstić information content (AvgIpc) is 2.98. The molecule has 0 fully saturated rings. The van der Waals surface area contributed by atoms with Gasteiger partial charge in [0.25, 0.3) is 0 Å². The Bertz CT molecular complexity index is 1100. The molecule has 0 spiro atoms. The van der Waals surface area contributed by atoms with Crippen molar-refractivity contribution in [3.8, 4) is 34.5 Å². The van der Waals surface area contributed by atoms with Crippen LogP contribution in [0.1, 0.15) is 20.8 Å². The van der Waals surface area contributed by atoms with E-state index in [1.165, 1.54) is 0 Å². The Morgan fingerprint density at radius 3 is 1.02 bits per heavy atom. The number of hydrogen-bond donors (Lipinski definition) is 0. The van der Waals surface area contributed by atoms with Crippen molar-refractivity contribution in [1.29, 1.82) is 0 Å². The largest absolute Gasteiger partial charge is 0.864 e. The van der Waals surface area contributed by atoms with Gasteiger partial charge in [0.2, 0.25) is 0 Å². The molecular formula is C30H36BCl3O9. The molecule has 234 valence electrons. The lowest BCUT2D eigenvalue weighted by molar-refractivity contribution is 0.110. The van der Waals surface area contributed by atoms with E-state index in [0.717, 1.165) is 0 Å². The Hall–Kier alpha value is -2.73. The van der Waals surface area contributed by atoms with Gasteiger partial charge in [0.05, 0.1) is 34.9 Å². The first-order chi connectivity index (χ1) is 20.9. The number of benzene rings is 3. The molecule has 0 unspecified atom stereocenters. The van der Waals surface area contributed by atoms with E-state index in [-0.39, 0.29) is 0 Å². The summed E-state index contributed by atoms with van der Waals surface area (Å²) in [4.78, 5) is 0. The van der Waals surface area contributed by atoms with Crippen LogP contribution < -0.4 is 28.2 Å². The standard InChI is InChI=1S/C30H36BCl3O9/c1-4-35-13-16-38-28-10-7-22(19-25(28)32)41-31(42-23-8-11-29(26(33)20-23)39-17-14-36-5-2)43-24-9-12-30(27(34)21-24)40-18-15-37-6-3/h7-12,19-21H,4-6,13-18H2,1-3H3. The smallest absolute Gasteiger partial charge is 0.490 e. The van der Waals surface area contributed by atoms with Crippen LogP contribution in [0.25, 0.3) is 0 Å². The molecule has 0 saturated heterocycles. The third kappa shape index (κ3) is 12.4. The van der Waals surface area contributed by atoms with Crippen LogP contribution in [0, 0.1) is 0 Å². The first-order valence-corrected chi connectivity index (χ1v) is 15.1. The summed E-state index contributed by atoms with van der Waals surface area (Å²) in [7, 11) is -1.26. The molecule has 0 aromatic heterocycles. The van der Waals surface area contributed by atoms with Crippen molar-refractivity contribution in [2.24, 2.45) is 0 Å². The second kappa shape index (κ2) is 19.5. The predicted octanol–water partition coefficient (Wildman–Crippen LogP) is 7.41. The Morgan fingerprint density at radius 2 is 0.767 bits per heavy atom.